The molecule has 0 aliphatic rings. The smallest absolute Gasteiger partial charge is 0.219 e. The van der Waals surface area contributed by atoms with Gasteiger partial charge in [0.1, 0.15) is 5.75 Å². The predicted molar refractivity (Wildman–Crippen MR) is 78.2 cm³/mol. The Hall–Kier alpha value is -1.29. The van der Waals surface area contributed by atoms with Gasteiger partial charge in [-0.1, -0.05) is 36.2 Å². The van der Waals surface area contributed by atoms with Crippen molar-refractivity contribution in [1.29, 1.82) is 0 Å². The van der Waals surface area contributed by atoms with E-state index in [0.29, 0.717) is 28.2 Å². The van der Waals surface area contributed by atoms with Crippen molar-refractivity contribution in [3.63, 3.8) is 0 Å². The molecule has 0 saturated heterocycles. The van der Waals surface area contributed by atoms with E-state index in [9.17, 15) is 0 Å². The standard InChI is InChI=1S/C14H14Cl2N2O/c1-2-17-9-11-4-3-5-14(18-11)19-13-8-10(15)6-7-12(13)16/h3-8,17H,2,9H2,1H3. The van der Waals surface area contributed by atoms with Crippen molar-refractivity contribution in [2.75, 3.05) is 6.54 Å². The molecule has 0 atom stereocenters. The molecule has 0 unspecified atom stereocenters. The Bertz CT molecular complexity index is 561. The Labute approximate surface area is 122 Å². The molecule has 2 aromatic rings. The number of halogens is 2. The molecular weight excluding hydrogens is 283 g/mol. The van der Waals surface area contributed by atoms with E-state index in [4.69, 9.17) is 27.9 Å². The number of rotatable bonds is 5. The molecule has 2 rings (SSSR count). The molecule has 5 heteroatoms. The van der Waals surface area contributed by atoms with Crippen LogP contribution >= 0.6 is 23.2 Å². The first-order valence-corrected chi connectivity index (χ1v) is 6.74. The summed E-state index contributed by atoms with van der Waals surface area (Å²) in [6, 6.07) is 10.7. The van der Waals surface area contributed by atoms with Gasteiger partial charge in [0.15, 0.2) is 0 Å². The van der Waals surface area contributed by atoms with Crippen LogP contribution < -0.4 is 10.1 Å². The SMILES string of the molecule is CCNCc1cccc(Oc2cc(Cl)ccc2Cl)n1. The van der Waals surface area contributed by atoms with Crippen molar-refractivity contribution >= 4 is 23.2 Å². The molecule has 0 spiro atoms. The molecule has 0 saturated carbocycles. The number of nitrogens with one attached hydrogen (secondary N) is 1. The Morgan fingerprint density at radius 3 is 2.84 bits per heavy atom. The summed E-state index contributed by atoms with van der Waals surface area (Å²) in [7, 11) is 0. The first kappa shape index (κ1) is 14.1. The van der Waals surface area contributed by atoms with Crippen LogP contribution in [0.15, 0.2) is 36.4 Å². The molecule has 0 aliphatic heterocycles. The van der Waals surface area contributed by atoms with Crippen LogP contribution in [0.3, 0.4) is 0 Å². The summed E-state index contributed by atoms with van der Waals surface area (Å²) in [4.78, 5) is 4.39. The highest BCUT2D eigenvalue weighted by molar-refractivity contribution is 6.34. The van der Waals surface area contributed by atoms with E-state index in [1.807, 2.05) is 19.1 Å². The minimum absolute atomic E-state index is 0.500. The van der Waals surface area contributed by atoms with Gasteiger partial charge in [-0.2, -0.15) is 0 Å². The second-order valence-electron chi connectivity index (χ2n) is 3.92. The topological polar surface area (TPSA) is 34.1 Å². The summed E-state index contributed by atoms with van der Waals surface area (Å²) in [5.41, 5.74) is 0.914. The molecule has 1 heterocycles. The molecule has 0 bridgehead atoms. The summed E-state index contributed by atoms with van der Waals surface area (Å²) in [6.07, 6.45) is 0. The van der Waals surface area contributed by atoms with Crippen molar-refractivity contribution < 1.29 is 4.74 Å². The lowest BCUT2D eigenvalue weighted by molar-refractivity contribution is 0.460. The summed E-state index contributed by atoms with van der Waals surface area (Å²) >= 11 is 12.0. The number of aromatic nitrogens is 1. The fourth-order valence-corrected chi connectivity index (χ4v) is 1.85. The van der Waals surface area contributed by atoms with Crippen LogP contribution in [0.1, 0.15) is 12.6 Å². The van der Waals surface area contributed by atoms with Gasteiger partial charge in [0.05, 0.1) is 10.7 Å². The minimum atomic E-state index is 0.500. The van der Waals surface area contributed by atoms with E-state index in [0.717, 1.165) is 12.2 Å². The number of hydrogen-bond acceptors (Lipinski definition) is 3. The van der Waals surface area contributed by atoms with Crippen molar-refractivity contribution in [3.8, 4) is 11.6 Å². The highest BCUT2D eigenvalue weighted by Crippen LogP contribution is 2.31. The number of ether oxygens (including phenoxy) is 1. The second-order valence-corrected chi connectivity index (χ2v) is 4.77. The largest absolute Gasteiger partial charge is 0.437 e. The third-order valence-electron chi connectivity index (χ3n) is 2.45. The van der Waals surface area contributed by atoms with Gasteiger partial charge in [-0.05, 0) is 24.7 Å². The Morgan fingerprint density at radius 1 is 1.21 bits per heavy atom. The van der Waals surface area contributed by atoms with Gasteiger partial charge in [0.2, 0.25) is 5.88 Å². The summed E-state index contributed by atoms with van der Waals surface area (Å²) in [5.74, 6) is 1.00. The highest BCUT2D eigenvalue weighted by Gasteiger charge is 2.05. The first-order valence-electron chi connectivity index (χ1n) is 5.98. The lowest BCUT2D eigenvalue weighted by Crippen LogP contribution is -2.12. The third kappa shape index (κ3) is 4.10. The summed E-state index contributed by atoms with van der Waals surface area (Å²) < 4.78 is 5.66. The van der Waals surface area contributed by atoms with Crippen LogP contribution in [0.25, 0.3) is 0 Å². The van der Waals surface area contributed by atoms with Crippen LogP contribution in [-0.2, 0) is 6.54 Å². The monoisotopic (exact) mass is 296 g/mol. The molecule has 3 nitrogen and oxygen atoms in total. The molecule has 0 aliphatic carbocycles. The van der Waals surface area contributed by atoms with Crippen LogP contribution in [-0.4, -0.2) is 11.5 Å². The van der Waals surface area contributed by atoms with Gasteiger partial charge in [-0.3, -0.25) is 0 Å². The van der Waals surface area contributed by atoms with Gasteiger partial charge in [-0.25, -0.2) is 4.98 Å². The van der Waals surface area contributed by atoms with Gasteiger partial charge >= 0.3 is 0 Å². The number of nitrogens with zero attached hydrogens (tertiary/aromatic N) is 1. The van der Waals surface area contributed by atoms with Crippen molar-refractivity contribution in [2.24, 2.45) is 0 Å². The Balaban J connectivity index is 2.16. The predicted octanol–water partition coefficient (Wildman–Crippen LogP) is 4.29. The van der Waals surface area contributed by atoms with Crippen LogP contribution in [0, 0.1) is 0 Å². The molecular formula is C14H14Cl2N2O. The molecule has 1 N–H and O–H groups in total. The van der Waals surface area contributed by atoms with E-state index >= 15 is 0 Å². The van der Waals surface area contributed by atoms with E-state index in [1.54, 1.807) is 24.3 Å². The molecule has 19 heavy (non-hydrogen) atoms. The molecule has 100 valence electrons. The third-order valence-corrected chi connectivity index (χ3v) is 2.99. The fourth-order valence-electron chi connectivity index (χ4n) is 1.53. The summed E-state index contributed by atoms with van der Waals surface area (Å²) in [5, 5.41) is 4.29. The number of hydrogen-bond donors (Lipinski definition) is 1. The molecule has 0 fully saturated rings. The lowest BCUT2D eigenvalue weighted by Gasteiger charge is -2.08. The zero-order chi connectivity index (χ0) is 13.7. The van der Waals surface area contributed by atoms with Crippen molar-refractivity contribution in [3.05, 3.63) is 52.1 Å². The Morgan fingerprint density at radius 2 is 2.05 bits per heavy atom. The van der Waals surface area contributed by atoms with E-state index in [2.05, 4.69) is 10.3 Å². The first-order chi connectivity index (χ1) is 9.19. The maximum Gasteiger partial charge on any atom is 0.219 e. The van der Waals surface area contributed by atoms with Crippen LogP contribution in [0.4, 0.5) is 0 Å². The van der Waals surface area contributed by atoms with E-state index in [1.165, 1.54) is 0 Å². The van der Waals surface area contributed by atoms with Gasteiger partial charge in [0, 0.05) is 23.7 Å². The number of pyridine rings is 1. The fraction of sp³-hybridized carbons (Fsp3) is 0.214. The van der Waals surface area contributed by atoms with E-state index in [-0.39, 0.29) is 0 Å². The quantitative estimate of drug-likeness (QED) is 0.894. The second kappa shape index (κ2) is 6.75. The normalized spacial score (nSPS) is 10.5. The van der Waals surface area contributed by atoms with Crippen LogP contribution in [0.5, 0.6) is 11.6 Å². The maximum atomic E-state index is 6.05. The van der Waals surface area contributed by atoms with Crippen molar-refractivity contribution in [1.82, 2.24) is 10.3 Å². The zero-order valence-electron chi connectivity index (χ0n) is 10.5. The lowest BCUT2D eigenvalue weighted by atomic mass is 10.3. The zero-order valence-corrected chi connectivity index (χ0v) is 12.0. The average molecular weight is 297 g/mol. The molecule has 0 radical (unpaired) electrons. The van der Waals surface area contributed by atoms with Gasteiger partial charge < -0.3 is 10.1 Å². The summed E-state index contributed by atoms with van der Waals surface area (Å²) in [6.45, 7) is 3.65. The molecule has 1 aromatic heterocycles. The van der Waals surface area contributed by atoms with E-state index < -0.39 is 0 Å². The van der Waals surface area contributed by atoms with Crippen molar-refractivity contribution in [2.45, 2.75) is 13.5 Å². The van der Waals surface area contributed by atoms with Gasteiger partial charge in [0.25, 0.3) is 0 Å². The maximum absolute atomic E-state index is 6.05. The molecule has 1 aromatic carbocycles. The highest BCUT2D eigenvalue weighted by atomic mass is 35.5. The Kier molecular flexibility index (Phi) is 5.02. The van der Waals surface area contributed by atoms with Gasteiger partial charge in [-0.15, -0.1) is 0 Å². The van der Waals surface area contributed by atoms with Crippen LogP contribution in [0.2, 0.25) is 10.0 Å². The molecule has 0 amide bonds. The number of benzene rings is 1. The minimum Gasteiger partial charge on any atom is -0.437 e. The average Bonchev–Trinajstić information content (AvgIpc) is 2.41.